The van der Waals surface area contributed by atoms with Crippen molar-refractivity contribution in [1.82, 2.24) is 15.3 Å². The number of carbonyl (C=O) groups is 2. The first-order valence-corrected chi connectivity index (χ1v) is 8.78. The van der Waals surface area contributed by atoms with E-state index in [1.54, 1.807) is 24.3 Å². The van der Waals surface area contributed by atoms with Gasteiger partial charge in [0, 0.05) is 24.2 Å². The smallest absolute Gasteiger partial charge is 0.269 e. The average Bonchev–Trinajstić information content (AvgIpc) is 2.72. The fourth-order valence-electron chi connectivity index (χ4n) is 2.68. The second kappa shape index (κ2) is 8.41. The number of nitrogens with two attached hydrogens (primary N) is 2. The maximum atomic E-state index is 12.3. The largest absolute Gasteiger partial charge is 0.364 e. The lowest BCUT2D eigenvalue weighted by Gasteiger charge is -2.08. The van der Waals surface area contributed by atoms with Crippen molar-refractivity contribution in [2.24, 2.45) is 11.5 Å². The summed E-state index contributed by atoms with van der Waals surface area (Å²) < 4.78 is 0. The van der Waals surface area contributed by atoms with Crippen LogP contribution in [0.15, 0.2) is 54.7 Å². The number of aryl methyl sites for hydroxylation is 1. The van der Waals surface area contributed by atoms with E-state index in [0.717, 1.165) is 5.56 Å². The molecule has 0 aliphatic rings. The summed E-state index contributed by atoms with van der Waals surface area (Å²) in [6, 6.07) is 14.9. The van der Waals surface area contributed by atoms with Gasteiger partial charge in [0.2, 0.25) is 0 Å². The first-order chi connectivity index (χ1) is 13.5. The molecule has 2 aromatic carbocycles. The number of nitrogens with one attached hydrogen (secondary N) is 1. The number of rotatable bonds is 6. The molecular formula is C21H21N5O2. The summed E-state index contributed by atoms with van der Waals surface area (Å²) in [4.78, 5) is 32.3. The standard InChI is InChI=1S/C21H21N5O2/c1-13-2-4-14(5-3-13)11-25-21(28)16-8-6-15(7-9-16)18-12-24-17(10-22)19(26-18)20(23)27/h2-9,12H,10-11,22H2,1H3,(H2,23,27)(H,25,28). The SMILES string of the molecule is Cc1ccc(CNC(=O)c2ccc(-c3cnc(CN)c(C(N)=O)n3)cc2)cc1. The Morgan fingerprint density at radius 2 is 1.71 bits per heavy atom. The van der Waals surface area contributed by atoms with E-state index in [-0.39, 0.29) is 18.1 Å². The van der Waals surface area contributed by atoms with Crippen molar-refractivity contribution in [3.05, 3.63) is 82.8 Å². The van der Waals surface area contributed by atoms with Gasteiger partial charge in [-0.15, -0.1) is 0 Å². The predicted molar refractivity (Wildman–Crippen MR) is 106 cm³/mol. The van der Waals surface area contributed by atoms with E-state index in [9.17, 15) is 9.59 Å². The molecule has 1 heterocycles. The van der Waals surface area contributed by atoms with Gasteiger partial charge in [-0.3, -0.25) is 14.6 Å². The van der Waals surface area contributed by atoms with Crippen LogP contribution in [0.4, 0.5) is 0 Å². The van der Waals surface area contributed by atoms with Gasteiger partial charge in [-0.05, 0) is 24.6 Å². The van der Waals surface area contributed by atoms with Crippen LogP contribution in [0.5, 0.6) is 0 Å². The van der Waals surface area contributed by atoms with Gasteiger partial charge < -0.3 is 16.8 Å². The number of hydrogen-bond acceptors (Lipinski definition) is 5. The number of hydrogen-bond donors (Lipinski definition) is 3. The van der Waals surface area contributed by atoms with Gasteiger partial charge in [0.15, 0.2) is 5.69 Å². The molecule has 7 nitrogen and oxygen atoms in total. The fraction of sp³-hybridized carbons (Fsp3) is 0.143. The Morgan fingerprint density at radius 3 is 2.32 bits per heavy atom. The second-order valence-corrected chi connectivity index (χ2v) is 6.36. The third-order valence-electron chi connectivity index (χ3n) is 4.29. The third-order valence-corrected chi connectivity index (χ3v) is 4.29. The Labute approximate surface area is 162 Å². The maximum Gasteiger partial charge on any atom is 0.269 e. The van der Waals surface area contributed by atoms with Gasteiger partial charge in [0.05, 0.1) is 17.6 Å². The molecular weight excluding hydrogens is 354 g/mol. The van der Waals surface area contributed by atoms with Crippen molar-refractivity contribution in [3.63, 3.8) is 0 Å². The van der Waals surface area contributed by atoms with E-state index in [4.69, 9.17) is 11.5 Å². The normalized spacial score (nSPS) is 10.5. The van der Waals surface area contributed by atoms with Crippen molar-refractivity contribution in [2.75, 3.05) is 0 Å². The number of nitrogens with zero attached hydrogens (tertiary/aromatic N) is 2. The van der Waals surface area contributed by atoms with E-state index >= 15 is 0 Å². The number of benzene rings is 2. The second-order valence-electron chi connectivity index (χ2n) is 6.36. The van der Waals surface area contributed by atoms with Crippen molar-refractivity contribution in [2.45, 2.75) is 20.0 Å². The minimum absolute atomic E-state index is 0.0555. The molecule has 0 spiro atoms. The van der Waals surface area contributed by atoms with Gasteiger partial charge in [-0.2, -0.15) is 0 Å². The Morgan fingerprint density at radius 1 is 1.04 bits per heavy atom. The van der Waals surface area contributed by atoms with Crippen LogP contribution in [0.25, 0.3) is 11.3 Å². The molecule has 0 bridgehead atoms. The molecule has 142 valence electrons. The van der Waals surface area contributed by atoms with Crippen LogP contribution >= 0.6 is 0 Å². The van der Waals surface area contributed by atoms with E-state index in [1.807, 2.05) is 31.2 Å². The van der Waals surface area contributed by atoms with Crippen molar-refractivity contribution >= 4 is 11.8 Å². The molecule has 0 aliphatic heterocycles. The molecule has 28 heavy (non-hydrogen) atoms. The lowest BCUT2D eigenvalue weighted by atomic mass is 10.1. The highest BCUT2D eigenvalue weighted by Crippen LogP contribution is 2.18. The van der Waals surface area contributed by atoms with E-state index in [0.29, 0.717) is 29.1 Å². The van der Waals surface area contributed by atoms with Crippen LogP contribution in [0.3, 0.4) is 0 Å². The Hall–Kier alpha value is -3.58. The first-order valence-electron chi connectivity index (χ1n) is 8.78. The topological polar surface area (TPSA) is 124 Å². The molecule has 3 rings (SSSR count). The fourth-order valence-corrected chi connectivity index (χ4v) is 2.68. The van der Waals surface area contributed by atoms with Crippen molar-refractivity contribution in [3.8, 4) is 11.3 Å². The van der Waals surface area contributed by atoms with Crippen LogP contribution in [0.2, 0.25) is 0 Å². The number of primary amides is 1. The molecule has 0 fully saturated rings. The van der Waals surface area contributed by atoms with Crippen LogP contribution in [0.1, 0.15) is 37.7 Å². The molecule has 0 unspecified atom stereocenters. The van der Waals surface area contributed by atoms with Gasteiger partial charge in [0.1, 0.15) is 0 Å². The third kappa shape index (κ3) is 4.39. The Balaban J connectivity index is 1.72. The summed E-state index contributed by atoms with van der Waals surface area (Å²) >= 11 is 0. The summed E-state index contributed by atoms with van der Waals surface area (Å²) in [5.41, 5.74) is 15.2. The zero-order valence-corrected chi connectivity index (χ0v) is 15.5. The summed E-state index contributed by atoms with van der Waals surface area (Å²) in [6.45, 7) is 2.55. The molecule has 2 amide bonds. The zero-order chi connectivity index (χ0) is 20.1. The molecule has 1 aromatic heterocycles. The molecule has 5 N–H and O–H groups in total. The summed E-state index contributed by atoms with van der Waals surface area (Å²) in [7, 11) is 0. The Kier molecular flexibility index (Phi) is 5.76. The highest BCUT2D eigenvalue weighted by molar-refractivity contribution is 5.95. The summed E-state index contributed by atoms with van der Waals surface area (Å²) in [5, 5.41) is 2.89. The highest BCUT2D eigenvalue weighted by atomic mass is 16.2. The monoisotopic (exact) mass is 375 g/mol. The number of aromatic nitrogens is 2. The highest BCUT2D eigenvalue weighted by Gasteiger charge is 2.13. The lowest BCUT2D eigenvalue weighted by molar-refractivity contribution is 0.0949. The van der Waals surface area contributed by atoms with Crippen molar-refractivity contribution < 1.29 is 9.59 Å². The number of carbonyl (C=O) groups excluding carboxylic acids is 2. The van der Waals surface area contributed by atoms with Crippen LogP contribution < -0.4 is 16.8 Å². The molecule has 0 aliphatic carbocycles. The first kappa shape index (κ1) is 19.2. The molecule has 0 radical (unpaired) electrons. The van der Waals surface area contributed by atoms with Crippen LogP contribution in [0, 0.1) is 6.92 Å². The summed E-state index contributed by atoms with van der Waals surface area (Å²) in [5.74, 6) is -0.851. The molecule has 7 heteroatoms. The van der Waals surface area contributed by atoms with Crippen molar-refractivity contribution in [1.29, 1.82) is 0 Å². The Bertz CT molecular complexity index is 998. The molecule has 0 atom stereocenters. The molecule has 0 saturated heterocycles. The molecule has 3 aromatic rings. The maximum absolute atomic E-state index is 12.3. The van der Waals surface area contributed by atoms with Crippen LogP contribution in [-0.4, -0.2) is 21.8 Å². The molecule has 0 saturated carbocycles. The van der Waals surface area contributed by atoms with Crippen LogP contribution in [-0.2, 0) is 13.1 Å². The van der Waals surface area contributed by atoms with E-state index in [1.165, 1.54) is 11.8 Å². The quantitative estimate of drug-likeness (QED) is 0.607. The van der Waals surface area contributed by atoms with Gasteiger partial charge in [-0.1, -0.05) is 42.0 Å². The lowest BCUT2D eigenvalue weighted by Crippen LogP contribution is -2.22. The average molecular weight is 375 g/mol. The zero-order valence-electron chi connectivity index (χ0n) is 15.5. The summed E-state index contributed by atoms with van der Waals surface area (Å²) in [6.07, 6.45) is 1.53. The van der Waals surface area contributed by atoms with Gasteiger partial charge in [-0.25, -0.2) is 4.98 Å². The van der Waals surface area contributed by atoms with E-state index in [2.05, 4.69) is 15.3 Å². The van der Waals surface area contributed by atoms with Gasteiger partial charge in [0.25, 0.3) is 11.8 Å². The van der Waals surface area contributed by atoms with Gasteiger partial charge >= 0.3 is 0 Å². The minimum atomic E-state index is -0.679. The predicted octanol–water partition coefficient (Wildman–Crippen LogP) is 1.94. The van der Waals surface area contributed by atoms with E-state index < -0.39 is 5.91 Å². The number of amides is 2. The minimum Gasteiger partial charge on any atom is -0.364 e.